The molecule has 1 aromatic carbocycles. The number of hydrogen-bond donors (Lipinski definition) is 1. The minimum Gasteiger partial charge on any atom is -0.376 e. The van der Waals surface area contributed by atoms with Crippen molar-refractivity contribution in [2.45, 2.75) is 37.8 Å². The Hall–Kier alpha value is -2.21. The molecule has 2 aliphatic rings. The Kier molecular flexibility index (Phi) is 4.06. The molecule has 2 atom stereocenters. The van der Waals surface area contributed by atoms with Crippen molar-refractivity contribution in [3.05, 3.63) is 30.1 Å². The maximum Gasteiger partial charge on any atom is 0.254 e. The minimum absolute atomic E-state index is 0.0829. The first-order valence-corrected chi connectivity index (χ1v) is 8.63. The van der Waals surface area contributed by atoms with E-state index in [1.165, 1.54) is 6.33 Å². The van der Waals surface area contributed by atoms with Crippen molar-refractivity contribution in [3.8, 4) is 0 Å². The molecule has 6 heteroatoms. The minimum atomic E-state index is 0.0829. The van der Waals surface area contributed by atoms with E-state index in [0.717, 1.165) is 55.6 Å². The van der Waals surface area contributed by atoms with Crippen LogP contribution in [0.25, 0.3) is 10.9 Å². The molecular weight excluding hydrogens is 304 g/mol. The summed E-state index contributed by atoms with van der Waals surface area (Å²) in [6.07, 6.45) is 5.97. The number of likely N-dealkylation sites (tertiary alicyclic amines) is 1. The normalized spacial score (nSPS) is 23.8. The van der Waals surface area contributed by atoms with Crippen molar-refractivity contribution in [2.24, 2.45) is 0 Å². The summed E-state index contributed by atoms with van der Waals surface area (Å²) in [5.41, 5.74) is 1.47. The van der Waals surface area contributed by atoms with Crippen LogP contribution in [0, 0.1) is 0 Å². The topological polar surface area (TPSA) is 67.4 Å². The van der Waals surface area contributed by atoms with E-state index in [4.69, 9.17) is 4.74 Å². The Labute approximate surface area is 141 Å². The smallest absolute Gasteiger partial charge is 0.254 e. The molecule has 2 fully saturated rings. The standard InChI is InChI=1S/C18H22N4O2/c1-19-17-13-7-6-12(10-14(13)20-11-21-17)18(23)22-8-2-4-15(22)16-5-3-9-24-16/h6-7,10-11,15-16H,2-5,8-9H2,1H3,(H,19,20,21). The lowest BCUT2D eigenvalue weighted by Crippen LogP contribution is -2.42. The molecule has 0 saturated carbocycles. The van der Waals surface area contributed by atoms with Crippen LogP contribution in [0.5, 0.6) is 0 Å². The zero-order valence-corrected chi connectivity index (χ0v) is 13.9. The van der Waals surface area contributed by atoms with Gasteiger partial charge in [-0.1, -0.05) is 0 Å². The van der Waals surface area contributed by atoms with Crippen LogP contribution in [0.15, 0.2) is 24.5 Å². The predicted octanol–water partition coefficient (Wildman–Crippen LogP) is 2.46. The molecule has 0 radical (unpaired) electrons. The fourth-order valence-corrected chi connectivity index (χ4v) is 3.89. The van der Waals surface area contributed by atoms with Crippen LogP contribution in [-0.4, -0.2) is 53.1 Å². The van der Waals surface area contributed by atoms with Gasteiger partial charge < -0.3 is 15.0 Å². The average molecular weight is 326 g/mol. The van der Waals surface area contributed by atoms with Gasteiger partial charge in [-0.25, -0.2) is 9.97 Å². The molecule has 2 aromatic rings. The van der Waals surface area contributed by atoms with E-state index in [9.17, 15) is 4.79 Å². The lowest BCUT2D eigenvalue weighted by molar-refractivity contribution is 0.0341. The van der Waals surface area contributed by atoms with Crippen LogP contribution in [0.3, 0.4) is 0 Å². The molecule has 6 nitrogen and oxygen atoms in total. The summed E-state index contributed by atoms with van der Waals surface area (Å²) < 4.78 is 5.83. The molecule has 24 heavy (non-hydrogen) atoms. The Balaban J connectivity index is 1.62. The van der Waals surface area contributed by atoms with E-state index < -0.39 is 0 Å². The maximum absolute atomic E-state index is 13.0. The third-order valence-corrected chi connectivity index (χ3v) is 5.07. The number of amides is 1. The quantitative estimate of drug-likeness (QED) is 0.938. The lowest BCUT2D eigenvalue weighted by atomic mass is 10.0. The van der Waals surface area contributed by atoms with Gasteiger partial charge in [-0.3, -0.25) is 4.79 Å². The third kappa shape index (κ3) is 2.60. The summed E-state index contributed by atoms with van der Waals surface area (Å²) in [6, 6.07) is 5.88. The fraction of sp³-hybridized carbons (Fsp3) is 0.500. The van der Waals surface area contributed by atoms with E-state index in [2.05, 4.69) is 15.3 Å². The van der Waals surface area contributed by atoms with Crippen molar-refractivity contribution < 1.29 is 9.53 Å². The second-order valence-electron chi connectivity index (χ2n) is 6.46. The summed E-state index contributed by atoms with van der Waals surface area (Å²) in [6.45, 7) is 1.63. The number of rotatable bonds is 3. The third-order valence-electron chi connectivity index (χ3n) is 5.07. The zero-order valence-electron chi connectivity index (χ0n) is 13.9. The van der Waals surface area contributed by atoms with Crippen molar-refractivity contribution in [3.63, 3.8) is 0 Å². The number of nitrogens with zero attached hydrogens (tertiary/aromatic N) is 3. The Bertz CT molecular complexity index is 758. The molecule has 2 aliphatic heterocycles. The molecule has 0 spiro atoms. The molecular formula is C18H22N4O2. The highest BCUT2D eigenvalue weighted by Gasteiger charge is 2.37. The molecule has 2 saturated heterocycles. The first-order chi connectivity index (χ1) is 11.8. The monoisotopic (exact) mass is 326 g/mol. The highest BCUT2D eigenvalue weighted by Crippen LogP contribution is 2.30. The second-order valence-corrected chi connectivity index (χ2v) is 6.46. The number of carbonyl (C=O) groups excluding carboxylic acids is 1. The first kappa shape index (κ1) is 15.3. The predicted molar refractivity (Wildman–Crippen MR) is 92.1 cm³/mol. The number of hydrogen-bond acceptors (Lipinski definition) is 5. The average Bonchev–Trinajstić information content (AvgIpc) is 3.30. The Morgan fingerprint density at radius 3 is 3.00 bits per heavy atom. The van der Waals surface area contributed by atoms with E-state index in [0.29, 0.717) is 5.56 Å². The number of ether oxygens (including phenoxy) is 1. The highest BCUT2D eigenvalue weighted by molar-refractivity contribution is 6.00. The van der Waals surface area contributed by atoms with E-state index in [1.54, 1.807) is 0 Å². The summed E-state index contributed by atoms with van der Waals surface area (Å²) in [4.78, 5) is 23.5. The Morgan fingerprint density at radius 1 is 1.29 bits per heavy atom. The molecule has 0 aliphatic carbocycles. The van der Waals surface area contributed by atoms with Crippen LogP contribution in [-0.2, 0) is 4.74 Å². The largest absolute Gasteiger partial charge is 0.376 e. The number of nitrogens with one attached hydrogen (secondary N) is 1. The Morgan fingerprint density at radius 2 is 2.21 bits per heavy atom. The van der Waals surface area contributed by atoms with Crippen molar-refractivity contribution >= 4 is 22.6 Å². The van der Waals surface area contributed by atoms with E-state index in [-0.39, 0.29) is 18.1 Å². The van der Waals surface area contributed by atoms with Gasteiger partial charge in [0.15, 0.2) is 0 Å². The maximum atomic E-state index is 13.0. The number of aromatic nitrogens is 2. The van der Waals surface area contributed by atoms with Crippen LogP contribution in [0.4, 0.5) is 5.82 Å². The van der Waals surface area contributed by atoms with Gasteiger partial charge in [0.25, 0.3) is 5.91 Å². The van der Waals surface area contributed by atoms with E-state index >= 15 is 0 Å². The van der Waals surface area contributed by atoms with Crippen LogP contribution < -0.4 is 5.32 Å². The zero-order chi connectivity index (χ0) is 16.5. The molecule has 1 aromatic heterocycles. The van der Waals surface area contributed by atoms with Gasteiger partial charge >= 0.3 is 0 Å². The molecule has 1 N–H and O–H groups in total. The molecule has 0 bridgehead atoms. The van der Waals surface area contributed by atoms with Gasteiger partial charge in [-0.2, -0.15) is 0 Å². The van der Waals surface area contributed by atoms with Crippen molar-refractivity contribution in [2.75, 3.05) is 25.5 Å². The van der Waals surface area contributed by atoms with Crippen LogP contribution in [0.2, 0.25) is 0 Å². The van der Waals surface area contributed by atoms with Crippen LogP contribution in [0.1, 0.15) is 36.0 Å². The van der Waals surface area contributed by atoms with Crippen LogP contribution >= 0.6 is 0 Å². The van der Waals surface area contributed by atoms with Gasteiger partial charge in [-0.15, -0.1) is 0 Å². The number of benzene rings is 1. The number of anilines is 1. The fourth-order valence-electron chi connectivity index (χ4n) is 3.89. The summed E-state index contributed by atoms with van der Waals surface area (Å²) in [5.74, 6) is 0.858. The molecule has 3 heterocycles. The number of fused-ring (bicyclic) bond motifs is 1. The summed E-state index contributed by atoms with van der Waals surface area (Å²) >= 11 is 0. The molecule has 2 unspecified atom stereocenters. The van der Waals surface area contributed by atoms with Gasteiger partial charge in [0, 0.05) is 31.1 Å². The molecule has 1 amide bonds. The summed E-state index contributed by atoms with van der Waals surface area (Å²) in [7, 11) is 1.83. The van der Waals surface area contributed by atoms with Gasteiger partial charge in [0.2, 0.25) is 0 Å². The van der Waals surface area contributed by atoms with Crippen molar-refractivity contribution in [1.82, 2.24) is 14.9 Å². The van der Waals surface area contributed by atoms with Gasteiger partial charge in [0.05, 0.1) is 17.7 Å². The molecule has 4 rings (SSSR count). The number of carbonyl (C=O) groups is 1. The van der Waals surface area contributed by atoms with E-state index in [1.807, 2.05) is 30.1 Å². The SMILES string of the molecule is CNc1ncnc2cc(C(=O)N3CCCC3C3CCCO3)ccc12. The summed E-state index contributed by atoms with van der Waals surface area (Å²) in [5, 5.41) is 3.98. The first-order valence-electron chi connectivity index (χ1n) is 8.63. The van der Waals surface area contributed by atoms with Gasteiger partial charge in [-0.05, 0) is 43.9 Å². The highest BCUT2D eigenvalue weighted by atomic mass is 16.5. The second kappa shape index (κ2) is 6.36. The van der Waals surface area contributed by atoms with Crippen molar-refractivity contribution in [1.29, 1.82) is 0 Å². The lowest BCUT2D eigenvalue weighted by Gasteiger charge is -2.29. The molecule has 126 valence electrons. The van der Waals surface area contributed by atoms with Gasteiger partial charge in [0.1, 0.15) is 12.1 Å².